The van der Waals surface area contributed by atoms with Crippen LogP contribution < -0.4 is 10.5 Å². The molecule has 0 spiro atoms. The highest BCUT2D eigenvalue weighted by atomic mass is 19.1. The van der Waals surface area contributed by atoms with Gasteiger partial charge in [0.05, 0.1) is 13.2 Å². The second kappa shape index (κ2) is 8.21. The average molecular weight is 298 g/mol. The van der Waals surface area contributed by atoms with Gasteiger partial charge in [0.1, 0.15) is 6.61 Å². The lowest BCUT2D eigenvalue weighted by atomic mass is 10.3. The number of hydrogen-bond acceptors (Lipinski definition) is 5. The van der Waals surface area contributed by atoms with Crippen molar-refractivity contribution in [1.82, 2.24) is 4.90 Å². The van der Waals surface area contributed by atoms with Crippen molar-refractivity contribution in [2.45, 2.75) is 13.0 Å². The van der Waals surface area contributed by atoms with Crippen molar-refractivity contribution in [3.63, 3.8) is 0 Å². The van der Waals surface area contributed by atoms with E-state index < -0.39 is 23.7 Å². The number of ether oxygens (including phenoxy) is 2. The van der Waals surface area contributed by atoms with Gasteiger partial charge in [0.2, 0.25) is 0 Å². The molecule has 1 aromatic rings. The van der Waals surface area contributed by atoms with E-state index in [4.69, 9.17) is 10.5 Å². The Morgan fingerprint density at radius 2 is 2.05 bits per heavy atom. The molecule has 1 aromatic carbocycles. The van der Waals surface area contributed by atoms with Crippen LogP contribution in [0.1, 0.15) is 6.92 Å². The summed E-state index contributed by atoms with van der Waals surface area (Å²) in [6.45, 7) is 2.03. The molecular weight excluding hydrogens is 279 g/mol. The van der Waals surface area contributed by atoms with Crippen LogP contribution in [-0.4, -0.2) is 49.6 Å². The number of carbonyl (C=O) groups is 2. The Kier molecular flexibility index (Phi) is 6.61. The number of carbonyl (C=O) groups excluding carboxylic acids is 2. The summed E-state index contributed by atoms with van der Waals surface area (Å²) in [5, 5.41) is 0. The molecule has 0 aliphatic heterocycles. The molecule has 0 saturated heterocycles. The van der Waals surface area contributed by atoms with Crippen molar-refractivity contribution < 1.29 is 23.5 Å². The fraction of sp³-hybridized carbons (Fsp3) is 0.429. The van der Waals surface area contributed by atoms with Crippen LogP contribution >= 0.6 is 0 Å². The highest BCUT2D eigenvalue weighted by molar-refractivity contribution is 6.01. The monoisotopic (exact) mass is 298 g/mol. The van der Waals surface area contributed by atoms with Gasteiger partial charge in [-0.1, -0.05) is 12.1 Å². The van der Waals surface area contributed by atoms with Crippen molar-refractivity contribution in [3.05, 3.63) is 30.1 Å². The molecule has 0 aliphatic rings. The third-order valence-electron chi connectivity index (χ3n) is 2.70. The molecular formula is C14H19FN2O4. The number of esters is 1. The summed E-state index contributed by atoms with van der Waals surface area (Å²) in [5.74, 6) is -1.72. The molecule has 0 radical (unpaired) electrons. The zero-order valence-corrected chi connectivity index (χ0v) is 12.0. The van der Waals surface area contributed by atoms with E-state index in [1.54, 1.807) is 19.1 Å². The van der Waals surface area contributed by atoms with Crippen LogP contribution in [0.25, 0.3) is 0 Å². The molecule has 7 heteroatoms. The molecule has 6 nitrogen and oxygen atoms in total. The Balaban J connectivity index is 2.43. The molecule has 0 aromatic heterocycles. The SMILES string of the molecule is CCOC(=O)C(N)C(=O)N(C)CCOc1ccccc1F. The van der Waals surface area contributed by atoms with Crippen LogP contribution in [0.15, 0.2) is 24.3 Å². The number of likely N-dealkylation sites (N-methyl/N-ethyl adjacent to an activating group) is 1. The van der Waals surface area contributed by atoms with Crippen LogP contribution in [0.2, 0.25) is 0 Å². The lowest BCUT2D eigenvalue weighted by Crippen LogP contribution is -2.48. The van der Waals surface area contributed by atoms with E-state index >= 15 is 0 Å². The van der Waals surface area contributed by atoms with E-state index in [9.17, 15) is 14.0 Å². The standard InChI is InChI=1S/C14H19FN2O4/c1-3-20-14(19)12(16)13(18)17(2)8-9-21-11-7-5-4-6-10(11)15/h4-7,12H,3,8-9,16H2,1-2H3. The molecule has 1 rings (SSSR count). The summed E-state index contributed by atoms with van der Waals surface area (Å²) < 4.78 is 23.2. The first-order valence-corrected chi connectivity index (χ1v) is 6.52. The van der Waals surface area contributed by atoms with Gasteiger partial charge in [-0.05, 0) is 19.1 Å². The summed E-state index contributed by atoms with van der Waals surface area (Å²) in [4.78, 5) is 24.4. The number of rotatable bonds is 7. The van der Waals surface area contributed by atoms with Crippen LogP contribution in [-0.2, 0) is 14.3 Å². The van der Waals surface area contributed by atoms with E-state index in [0.717, 1.165) is 0 Å². The van der Waals surface area contributed by atoms with Crippen molar-refractivity contribution in [2.75, 3.05) is 26.8 Å². The van der Waals surface area contributed by atoms with Crippen molar-refractivity contribution in [1.29, 1.82) is 0 Å². The third-order valence-corrected chi connectivity index (χ3v) is 2.70. The Labute approximate surface area is 122 Å². The summed E-state index contributed by atoms with van der Waals surface area (Å²) in [7, 11) is 1.48. The number of nitrogens with zero attached hydrogens (tertiary/aromatic N) is 1. The van der Waals surface area contributed by atoms with Crippen LogP contribution in [0.3, 0.4) is 0 Å². The van der Waals surface area contributed by atoms with E-state index in [1.165, 1.54) is 24.1 Å². The Bertz CT molecular complexity index is 496. The molecule has 0 fully saturated rings. The van der Waals surface area contributed by atoms with Gasteiger partial charge in [-0.2, -0.15) is 0 Å². The highest BCUT2D eigenvalue weighted by Crippen LogP contribution is 2.14. The fourth-order valence-corrected chi connectivity index (χ4v) is 1.53. The molecule has 21 heavy (non-hydrogen) atoms. The quantitative estimate of drug-likeness (QED) is 0.587. The molecule has 1 unspecified atom stereocenters. The zero-order valence-electron chi connectivity index (χ0n) is 12.0. The predicted octanol–water partition coefficient (Wildman–Crippen LogP) is 0.553. The largest absolute Gasteiger partial charge is 0.489 e. The molecule has 1 amide bonds. The van der Waals surface area contributed by atoms with Gasteiger partial charge < -0.3 is 20.1 Å². The van der Waals surface area contributed by atoms with E-state index in [1.807, 2.05) is 0 Å². The molecule has 0 heterocycles. The fourth-order valence-electron chi connectivity index (χ4n) is 1.53. The van der Waals surface area contributed by atoms with Crippen LogP contribution in [0.5, 0.6) is 5.75 Å². The second-order valence-corrected chi connectivity index (χ2v) is 4.27. The average Bonchev–Trinajstić information content (AvgIpc) is 2.47. The Morgan fingerprint density at radius 3 is 2.67 bits per heavy atom. The zero-order chi connectivity index (χ0) is 15.8. The lowest BCUT2D eigenvalue weighted by Gasteiger charge is -2.20. The number of para-hydroxylation sites is 1. The number of nitrogens with two attached hydrogens (primary N) is 1. The van der Waals surface area contributed by atoms with E-state index in [-0.39, 0.29) is 25.5 Å². The molecule has 0 bridgehead atoms. The topological polar surface area (TPSA) is 81.9 Å². The van der Waals surface area contributed by atoms with Crippen molar-refractivity contribution in [3.8, 4) is 5.75 Å². The Hall–Kier alpha value is -2.15. The van der Waals surface area contributed by atoms with Gasteiger partial charge in [0, 0.05) is 7.05 Å². The highest BCUT2D eigenvalue weighted by Gasteiger charge is 2.26. The van der Waals surface area contributed by atoms with Crippen LogP contribution in [0, 0.1) is 5.82 Å². The van der Waals surface area contributed by atoms with Gasteiger partial charge in [0.25, 0.3) is 5.91 Å². The van der Waals surface area contributed by atoms with Crippen molar-refractivity contribution in [2.24, 2.45) is 5.73 Å². The van der Waals surface area contributed by atoms with Gasteiger partial charge in [-0.3, -0.25) is 4.79 Å². The minimum atomic E-state index is -1.36. The maximum atomic E-state index is 13.3. The number of hydrogen-bond donors (Lipinski definition) is 1. The first kappa shape index (κ1) is 16.9. The van der Waals surface area contributed by atoms with E-state index in [0.29, 0.717) is 0 Å². The van der Waals surface area contributed by atoms with Gasteiger partial charge in [0.15, 0.2) is 17.6 Å². The van der Waals surface area contributed by atoms with Crippen molar-refractivity contribution >= 4 is 11.9 Å². The maximum Gasteiger partial charge on any atom is 0.332 e. The summed E-state index contributed by atoms with van der Waals surface area (Å²) in [5.41, 5.74) is 5.49. The number of benzene rings is 1. The first-order chi connectivity index (χ1) is 9.97. The summed E-state index contributed by atoms with van der Waals surface area (Å²) in [6, 6.07) is 4.60. The van der Waals surface area contributed by atoms with Gasteiger partial charge in [-0.25, -0.2) is 9.18 Å². The smallest absolute Gasteiger partial charge is 0.332 e. The molecule has 116 valence electrons. The summed E-state index contributed by atoms with van der Waals surface area (Å²) >= 11 is 0. The second-order valence-electron chi connectivity index (χ2n) is 4.27. The molecule has 0 saturated carbocycles. The predicted molar refractivity (Wildman–Crippen MR) is 74.1 cm³/mol. The van der Waals surface area contributed by atoms with Crippen LogP contribution in [0.4, 0.5) is 4.39 Å². The molecule has 2 N–H and O–H groups in total. The third kappa shape index (κ3) is 5.03. The Morgan fingerprint density at radius 1 is 1.38 bits per heavy atom. The van der Waals surface area contributed by atoms with E-state index in [2.05, 4.69) is 4.74 Å². The number of halogens is 1. The van der Waals surface area contributed by atoms with Gasteiger partial charge in [-0.15, -0.1) is 0 Å². The minimum Gasteiger partial charge on any atom is -0.489 e. The summed E-state index contributed by atoms with van der Waals surface area (Å²) in [6.07, 6.45) is 0. The molecule has 0 aliphatic carbocycles. The minimum absolute atomic E-state index is 0.0821. The van der Waals surface area contributed by atoms with Gasteiger partial charge >= 0.3 is 5.97 Å². The maximum absolute atomic E-state index is 13.3. The molecule has 1 atom stereocenters. The normalized spacial score (nSPS) is 11.6. The lowest BCUT2D eigenvalue weighted by molar-refractivity contribution is -0.150. The number of amides is 1. The first-order valence-electron chi connectivity index (χ1n) is 6.52.